The molecule has 1 spiro atoms. The maximum Gasteiger partial charge on any atom is 0.257 e. The van der Waals surface area contributed by atoms with Gasteiger partial charge in [-0.25, -0.2) is 14.4 Å². The van der Waals surface area contributed by atoms with Crippen molar-refractivity contribution < 1.29 is 18.7 Å². The van der Waals surface area contributed by atoms with Gasteiger partial charge in [-0.3, -0.25) is 9.59 Å². The lowest BCUT2D eigenvalue weighted by Crippen LogP contribution is -2.62. The van der Waals surface area contributed by atoms with Crippen LogP contribution in [-0.4, -0.2) is 85.9 Å². The fourth-order valence-electron chi connectivity index (χ4n) is 6.56. The van der Waals surface area contributed by atoms with Crippen molar-refractivity contribution in [3.63, 3.8) is 0 Å². The number of fused-ring (bicyclic) bond motifs is 1. The quantitative estimate of drug-likeness (QED) is 0.354. The molecule has 1 aromatic carbocycles. The van der Waals surface area contributed by atoms with Gasteiger partial charge in [-0.05, 0) is 64.7 Å². The molecule has 3 atom stereocenters. The molecule has 3 aliphatic heterocycles. The fraction of sp³-hybridized carbons (Fsp3) is 0.586. The Kier molecular flexibility index (Phi) is 7.17. The molecule has 4 heterocycles. The third-order valence-electron chi connectivity index (χ3n) is 9.02. The van der Waals surface area contributed by atoms with Gasteiger partial charge >= 0.3 is 0 Å². The van der Waals surface area contributed by atoms with E-state index in [9.17, 15) is 14.0 Å². The Morgan fingerprint density at radius 2 is 1.98 bits per heavy atom. The highest BCUT2D eigenvalue weighted by Crippen LogP contribution is 2.54. The van der Waals surface area contributed by atoms with Crippen molar-refractivity contribution in [2.75, 3.05) is 37.6 Å². The van der Waals surface area contributed by atoms with E-state index in [2.05, 4.69) is 42.8 Å². The zero-order valence-corrected chi connectivity index (χ0v) is 25.4. The summed E-state index contributed by atoms with van der Waals surface area (Å²) in [4.78, 5) is 40.9. The number of nitrogens with one attached hydrogen (secondary N) is 1. The van der Waals surface area contributed by atoms with Crippen molar-refractivity contribution in [2.24, 2.45) is 5.41 Å². The van der Waals surface area contributed by atoms with E-state index in [-0.39, 0.29) is 40.6 Å². The monoisotopic (exact) mass is 662 g/mol. The van der Waals surface area contributed by atoms with Crippen LogP contribution in [0, 0.1) is 11.2 Å². The normalized spacial score (nSPS) is 26.4. The lowest BCUT2D eigenvalue weighted by Gasteiger charge is -2.54. The number of carbonyl (C=O) groups excluding carboxylic acids is 2. The average molecular weight is 663 g/mol. The Bertz CT molecular complexity index is 1310. The van der Waals surface area contributed by atoms with E-state index in [1.807, 2.05) is 25.7 Å². The van der Waals surface area contributed by atoms with E-state index in [1.165, 1.54) is 30.9 Å². The minimum atomic E-state index is -0.496. The third-order valence-corrected chi connectivity index (χ3v) is 10.6. The van der Waals surface area contributed by atoms with Crippen molar-refractivity contribution in [3.8, 4) is 11.5 Å². The average Bonchev–Trinajstić information content (AvgIpc) is 3.43. The molecule has 40 heavy (non-hydrogen) atoms. The standard InChI is InChI=1S/C29H36FIN6O3/c1-4-37(18(2)3)26(38)20-11-19(30)5-6-22(20)40-23-14-32-17-33-25(23)36-15-28(16-36)7-9-35(10-8-28)27(39)21-12-29(31)13-24(29)34-21/h5-6,11,14,17-18,21,24,34H,4,7-10,12-13,15-16H2,1-3H3/t21-,24?,29-/m0/s1. The van der Waals surface area contributed by atoms with E-state index in [0.717, 1.165) is 45.4 Å². The number of benzene rings is 1. The van der Waals surface area contributed by atoms with Crippen LogP contribution in [0.3, 0.4) is 0 Å². The second kappa shape index (κ2) is 10.4. The molecule has 1 N–H and O–H groups in total. The van der Waals surface area contributed by atoms with Crippen LogP contribution < -0.4 is 15.0 Å². The minimum Gasteiger partial charge on any atom is -0.451 e. The molecule has 2 aromatic rings. The number of rotatable bonds is 7. The summed E-state index contributed by atoms with van der Waals surface area (Å²) < 4.78 is 20.7. The molecule has 1 saturated carbocycles. The van der Waals surface area contributed by atoms with Gasteiger partial charge in [-0.1, -0.05) is 22.6 Å². The lowest BCUT2D eigenvalue weighted by molar-refractivity contribution is -0.136. The van der Waals surface area contributed by atoms with Crippen LogP contribution in [0.25, 0.3) is 0 Å². The second-order valence-corrected chi connectivity index (χ2v) is 14.2. The number of hydrogen-bond donors (Lipinski definition) is 1. The predicted octanol–water partition coefficient (Wildman–Crippen LogP) is 4.02. The van der Waals surface area contributed by atoms with Crippen LogP contribution in [0.15, 0.2) is 30.7 Å². The number of carbonyl (C=O) groups is 2. The van der Waals surface area contributed by atoms with Crippen molar-refractivity contribution in [3.05, 3.63) is 42.1 Å². The summed E-state index contributed by atoms with van der Waals surface area (Å²) in [5, 5.41) is 3.52. The fourth-order valence-corrected chi connectivity index (χ4v) is 7.62. The maximum absolute atomic E-state index is 14.2. The molecule has 11 heteroatoms. The van der Waals surface area contributed by atoms with Gasteiger partial charge in [0.15, 0.2) is 11.6 Å². The number of hydrogen-bond acceptors (Lipinski definition) is 7. The molecule has 214 valence electrons. The summed E-state index contributed by atoms with van der Waals surface area (Å²) in [5.74, 6) is 0.827. The van der Waals surface area contributed by atoms with Gasteiger partial charge in [0.25, 0.3) is 5.91 Å². The molecular weight excluding hydrogens is 626 g/mol. The van der Waals surface area contributed by atoms with Gasteiger partial charge < -0.3 is 24.8 Å². The zero-order valence-electron chi connectivity index (χ0n) is 23.2. The number of nitrogens with zero attached hydrogens (tertiary/aromatic N) is 5. The summed E-state index contributed by atoms with van der Waals surface area (Å²) in [6.07, 6.45) is 7.12. The molecule has 0 radical (unpaired) electrons. The molecule has 1 aliphatic carbocycles. The van der Waals surface area contributed by atoms with E-state index < -0.39 is 5.82 Å². The molecule has 4 aliphatic rings. The van der Waals surface area contributed by atoms with Crippen molar-refractivity contribution in [2.45, 2.75) is 68.0 Å². The molecule has 3 saturated heterocycles. The first kappa shape index (κ1) is 27.6. The molecule has 6 rings (SSSR count). The lowest BCUT2D eigenvalue weighted by atomic mass is 9.72. The van der Waals surface area contributed by atoms with Crippen LogP contribution in [-0.2, 0) is 4.79 Å². The largest absolute Gasteiger partial charge is 0.451 e. The predicted molar refractivity (Wildman–Crippen MR) is 158 cm³/mol. The SMILES string of the molecule is CCN(C(=O)c1cc(F)ccc1Oc1cncnc1N1CC2(CCN(C(=O)[C@@H]3C[C@]4(I)CC4N3)CC2)C1)C(C)C. The highest BCUT2D eigenvalue weighted by molar-refractivity contribution is 14.1. The topological polar surface area (TPSA) is 90.9 Å². The molecule has 0 bridgehead atoms. The number of halogens is 2. The number of piperidine rings is 2. The Morgan fingerprint density at radius 3 is 2.62 bits per heavy atom. The first-order valence-corrected chi connectivity index (χ1v) is 15.3. The third kappa shape index (κ3) is 5.03. The Hall–Kier alpha value is -2.54. The molecule has 9 nitrogen and oxygen atoms in total. The van der Waals surface area contributed by atoms with Crippen molar-refractivity contribution >= 4 is 40.2 Å². The van der Waals surface area contributed by atoms with Crippen LogP contribution in [0.5, 0.6) is 11.5 Å². The van der Waals surface area contributed by atoms with Gasteiger partial charge in [-0.2, -0.15) is 0 Å². The molecule has 2 amide bonds. The molecule has 4 fully saturated rings. The van der Waals surface area contributed by atoms with Gasteiger partial charge in [0.05, 0.1) is 17.8 Å². The van der Waals surface area contributed by atoms with Crippen LogP contribution in [0.2, 0.25) is 0 Å². The van der Waals surface area contributed by atoms with Gasteiger partial charge in [-0.15, -0.1) is 0 Å². The van der Waals surface area contributed by atoms with Gasteiger partial charge in [0.1, 0.15) is 17.9 Å². The Morgan fingerprint density at radius 1 is 1.23 bits per heavy atom. The number of amides is 2. The van der Waals surface area contributed by atoms with Crippen LogP contribution in [0.1, 0.15) is 56.8 Å². The summed E-state index contributed by atoms with van der Waals surface area (Å²) in [6.45, 7) is 9.45. The zero-order chi connectivity index (χ0) is 28.2. The molecule has 1 unspecified atom stereocenters. The number of aromatic nitrogens is 2. The Balaban J connectivity index is 1.11. The minimum absolute atomic E-state index is 0.0310. The first-order valence-electron chi connectivity index (χ1n) is 14.2. The van der Waals surface area contributed by atoms with E-state index >= 15 is 0 Å². The highest BCUT2D eigenvalue weighted by atomic mass is 127. The van der Waals surface area contributed by atoms with E-state index in [4.69, 9.17) is 4.74 Å². The van der Waals surface area contributed by atoms with Gasteiger partial charge in [0, 0.05) is 53.6 Å². The summed E-state index contributed by atoms with van der Waals surface area (Å²) in [7, 11) is 0. The first-order chi connectivity index (χ1) is 19.1. The van der Waals surface area contributed by atoms with E-state index in [0.29, 0.717) is 27.6 Å². The van der Waals surface area contributed by atoms with E-state index in [1.54, 1.807) is 11.1 Å². The van der Waals surface area contributed by atoms with Crippen molar-refractivity contribution in [1.29, 1.82) is 0 Å². The highest BCUT2D eigenvalue weighted by Gasteiger charge is 2.60. The number of likely N-dealkylation sites (tertiary alicyclic amines) is 1. The van der Waals surface area contributed by atoms with Crippen LogP contribution >= 0.6 is 22.6 Å². The smallest absolute Gasteiger partial charge is 0.257 e. The Labute approximate surface area is 248 Å². The summed E-state index contributed by atoms with van der Waals surface area (Å²) in [5.41, 5.74) is 0.315. The molecule has 1 aromatic heterocycles. The van der Waals surface area contributed by atoms with Gasteiger partial charge in [0.2, 0.25) is 5.91 Å². The van der Waals surface area contributed by atoms with Crippen molar-refractivity contribution in [1.82, 2.24) is 25.1 Å². The second-order valence-electron chi connectivity index (χ2n) is 12.0. The summed E-state index contributed by atoms with van der Waals surface area (Å²) >= 11 is 2.52. The summed E-state index contributed by atoms with van der Waals surface area (Å²) in [6, 6.07) is 4.44. The molecular formula is C29H36FIN6O3. The number of alkyl halides is 1. The maximum atomic E-state index is 14.2. The number of ether oxygens (including phenoxy) is 1. The number of anilines is 1. The van der Waals surface area contributed by atoms with Crippen LogP contribution in [0.4, 0.5) is 10.2 Å².